The zero-order valence-corrected chi connectivity index (χ0v) is 25.1. The van der Waals surface area contributed by atoms with Crippen molar-refractivity contribution in [3.05, 3.63) is 76.5 Å². The molecule has 4 heterocycles. The molecule has 1 atom stereocenters. The Bertz CT molecular complexity index is 1270. The van der Waals surface area contributed by atoms with Gasteiger partial charge in [0.05, 0.1) is 29.7 Å². The van der Waals surface area contributed by atoms with E-state index in [2.05, 4.69) is 50.7 Å². The van der Waals surface area contributed by atoms with Crippen LogP contribution in [0.2, 0.25) is 0 Å². The number of nitrogens with zero attached hydrogens (tertiary/aromatic N) is 5. The number of piperidine rings is 1. The first kappa shape index (κ1) is 30.4. The van der Waals surface area contributed by atoms with Gasteiger partial charge in [-0.2, -0.15) is 0 Å². The van der Waals surface area contributed by atoms with E-state index in [9.17, 15) is 4.79 Å². The molecule has 0 spiro atoms. The number of carbonyl (C=O) groups excluding carboxylic acids is 1. The van der Waals surface area contributed by atoms with Crippen molar-refractivity contribution in [2.45, 2.75) is 72.0 Å². The smallest absolute Gasteiger partial charge is 0.250 e. The topological polar surface area (TPSA) is 107 Å². The summed E-state index contributed by atoms with van der Waals surface area (Å²) in [7, 11) is 1.66. The van der Waals surface area contributed by atoms with Crippen LogP contribution in [0.3, 0.4) is 0 Å². The fraction of sp³-hybridized carbons (Fsp3) is 0.500. The molecule has 0 bridgehead atoms. The van der Waals surface area contributed by atoms with Gasteiger partial charge in [-0.1, -0.05) is 0 Å². The Morgan fingerprint density at radius 2 is 1.90 bits per heavy atom. The number of nitrogens with two attached hydrogens (primary N) is 1. The highest BCUT2D eigenvalue weighted by molar-refractivity contribution is 5.95. The van der Waals surface area contributed by atoms with E-state index in [-0.39, 0.29) is 0 Å². The van der Waals surface area contributed by atoms with Crippen LogP contribution in [-0.2, 0) is 17.7 Å². The second-order valence-corrected chi connectivity index (χ2v) is 11.0. The molecule has 0 unspecified atom stereocenters. The second kappa shape index (κ2) is 14.4. The van der Waals surface area contributed by atoms with Crippen molar-refractivity contribution in [1.82, 2.24) is 19.9 Å². The molecule has 41 heavy (non-hydrogen) atoms. The number of aromatic nitrogens is 3. The summed E-state index contributed by atoms with van der Waals surface area (Å²) in [6.07, 6.45) is 9.77. The third-order valence-corrected chi connectivity index (χ3v) is 8.16. The molecule has 220 valence electrons. The molecule has 4 rings (SSSR count). The molecule has 1 saturated heterocycles. The van der Waals surface area contributed by atoms with E-state index in [4.69, 9.17) is 15.2 Å². The highest BCUT2D eigenvalue weighted by atomic mass is 16.5. The number of rotatable bonds is 13. The monoisotopic (exact) mass is 560 g/mol. The lowest BCUT2D eigenvalue weighted by Gasteiger charge is -2.42. The molecule has 9 nitrogen and oxygen atoms in total. The van der Waals surface area contributed by atoms with Crippen LogP contribution in [0.15, 0.2) is 42.9 Å². The van der Waals surface area contributed by atoms with Crippen molar-refractivity contribution >= 4 is 11.6 Å². The average molecular weight is 561 g/mol. The first-order valence-corrected chi connectivity index (χ1v) is 14.5. The summed E-state index contributed by atoms with van der Waals surface area (Å²) in [6.45, 7) is 12.1. The maximum absolute atomic E-state index is 11.7. The van der Waals surface area contributed by atoms with Gasteiger partial charge < -0.3 is 25.0 Å². The van der Waals surface area contributed by atoms with E-state index >= 15 is 0 Å². The fourth-order valence-electron chi connectivity index (χ4n) is 5.72. The fourth-order valence-corrected chi connectivity index (χ4v) is 5.72. The number of ether oxygens (including phenoxy) is 2. The van der Waals surface area contributed by atoms with Gasteiger partial charge in [-0.05, 0) is 88.3 Å². The molecule has 0 radical (unpaired) electrons. The maximum atomic E-state index is 11.7. The van der Waals surface area contributed by atoms with Gasteiger partial charge in [0.1, 0.15) is 6.61 Å². The minimum absolute atomic E-state index is 0.397. The quantitative estimate of drug-likeness (QED) is 0.306. The standard InChI is InChI=1S/C32H44N6O3/c1-22-10-13-34-19-26(22)21-38(29-8-9-30(35-20-29)41-17-16-40-5)28-11-14-37(15-12-28)24(3)6-7-27-18-23(2)31(32(33)39)25(4)36-27/h8-10,13,18-20,24,28H,6-7,11-12,14-17,21H2,1-5H3,(H2,33,39)/t24-/m1/s1. The Balaban J connectivity index is 1.39. The number of carbonyl (C=O) groups is 1. The largest absolute Gasteiger partial charge is 0.475 e. The first-order chi connectivity index (χ1) is 19.8. The average Bonchev–Trinajstić information content (AvgIpc) is 2.96. The van der Waals surface area contributed by atoms with E-state index in [0.29, 0.717) is 42.4 Å². The molecule has 1 aliphatic rings. The Kier molecular flexibility index (Phi) is 10.7. The third kappa shape index (κ3) is 8.01. The number of aryl methyl sites for hydroxylation is 4. The van der Waals surface area contributed by atoms with Gasteiger partial charge in [-0.25, -0.2) is 4.98 Å². The molecule has 1 amide bonds. The van der Waals surface area contributed by atoms with Gasteiger partial charge >= 0.3 is 0 Å². The van der Waals surface area contributed by atoms with E-state index < -0.39 is 5.91 Å². The number of anilines is 1. The predicted octanol–water partition coefficient (Wildman–Crippen LogP) is 4.41. The first-order valence-electron chi connectivity index (χ1n) is 14.5. The number of likely N-dealkylation sites (tertiary alicyclic amines) is 1. The van der Waals surface area contributed by atoms with Crippen molar-refractivity contribution < 1.29 is 14.3 Å². The highest BCUT2D eigenvalue weighted by Crippen LogP contribution is 2.28. The number of primary amides is 1. The van der Waals surface area contributed by atoms with E-state index in [0.717, 1.165) is 62.3 Å². The van der Waals surface area contributed by atoms with Crippen molar-refractivity contribution in [3.8, 4) is 5.88 Å². The summed E-state index contributed by atoms with van der Waals surface area (Å²) in [5.74, 6) is 0.196. The van der Waals surface area contributed by atoms with Gasteiger partial charge in [0.15, 0.2) is 0 Å². The molecular weight excluding hydrogens is 516 g/mol. The molecule has 0 aromatic carbocycles. The van der Waals surface area contributed by atoms with Crippen molar-refractivity contribution in [1.29, 1.82) is 0 Å². The van der Waals surface area contributed by atoms with Crippen molar-refractivity contribution in [2.24, 2.45) is 5.73 Å². The lowest BCUT2D eigenvalue weighted by molar-refractivity contribution is 0.0998. The van der Waals surface area contributed by atoms with Crippen LogP contribution >= 0.6 is 0 Å². The van der Waals surface area contributed by atoms with Crippen molar-refractivity contribution in [3.63, 3.8) is 0 Å². The lowest BCUT2D eigenvalue weighted by Crippen LogP contribution is -2.47. The van der Waals surface area contributed by atoms with E-state index in [1.165, 1.54) is 11.1 Å². The summed E-state index contributed by atoms with van der Waals surface area (Å²) in [5, 5.41) is 0. The summed E-state index contributed by atoms with van der Waals surface area (Å²) < 4.78 is 10.8. The van der Waals surface area contributed by atoms with E-state index in [1.54, 1.807) is 7.11 Å². The van der Waals surface area contributed by atoms with Gasteiger partial charge in [-0.3, -0.25) is 14.8 Å². The Labute approximate surface area is 244 Å². The number of hydrogen-bond donors (Lipinski definition) is 1. The summed E-state index contributed by atoms with van der Waals surface area (Å²) in [4.78, 5) is 30.4. The molecule has 3 aromatic rings. The predicted molar refractivity (Wildman–Crippen MR) is 161 cm³/mol. The minimum atomic E-state index is -0.412. The van der Waals surface area contributed by atoms with Gasteiger partial charge in [-0.15, -0.1) is 0 Å². The van der Waals surface area contributed by atoms with Crippen LogP contribution in [0.1, 0.15) is 64.6 Å². The molecular formula is C32H44N6O3. The van der Waals surface area contributed by atoms with Crippen LogP contribution in [0, 0.1) is 20.8 Å². The van der Waals surface area contributed by atoms with Gasteiger partial charge in [0, 0.05) is 63.0 Å². The van der Waals surface area contributed by atoms with Gasteiger partial charge in [0.25, 0.3) is 5.91 Å². The molecule has 1 aliphatic heterocycles. The molecule has 2 N–H and O–H groups in total. The SMILES string of the molecule is COCCOc1ccc(N(Cc2cnccc2C)C2CCN([C@H](C)CCc3cc(C)c(C(N)=O)c(C)n3)CC2)cn1. The van der Waals surface area contributed by atoms with Crippen molar-refractivity contribution in [2.75, 3.05) is 38.3 Å². The molecule has 9 heteroatoms. The molecule has 3 aromatic heterocycles. The number of hydrogen-bond acceptors (Lipinski definition) is 8. The summed E-state index contributed by atoms with van der Waals surface area (Å²) in [5.41, 5.74) is 12.3. The highest BCUT2D eigenvalue weighted by Gasteiger charge is 2.28. The minimum Gasteiger partial charge on any atom is -0.475 e. The lowest BCUT2D eigenvalue weighted by atomic mass is 9.98. The van der Waals surface area contributed by atoms with E-state index in [1.807, 2.05) is 44.6 Å². The van der Waals surface area contributed by atoms with Crippen LogP contribution in [-0.4, -0.2) is 71.3 Å². The summed E-state index contributed by atoms with van der Waals surface area (Å²) >= 11 is 0. The normalized spacial score (nSPS) is 15.0. The Hall–Kier alpha value is -3.56. The van der Waals surface area contributed by atoms with Crippen LogP contribution in [0.25, 0.3) is 0 Å². The maximum Gasteiger partial charge on any atom is 0.250 e. The third-order valence-electron chi connectivity index (χ3n) is 8.16. The number of methoxy groups -OCH3 is 1. The Morgan fingerprint density at radius 3 is 2.54 bits per heavy atom. The molecule has 1 fully saturated rings. The molecule has 0 saturated carbocycles. The number of pyridine rings is 3. The second-order valence-electron chi connectivity index (χ2n) is 11.0. The summed E-state index contributed by atoms with van der Waals surface area (Å²) in [6, 6.07) is 8.96. The van der Waals surface area contributed by atoms with Crippen LogP contribution in [0.5, 0.6) is 5.88 Å². The van der Waals surface area contributed by atoms with Gasteiger partial charge in [0.2, 0.25) is 5.88 Å². The zero-order chi connectivity index (χ0) is 29.4. The Morgan fingerprint density at radius 1 is 1.12 bits per heavy atom. The molecule has 0 aliphatic carbocycles. The van der Waals surface area contributed by atoms with Crippen LogP contribution < -0.4 is 15.4 Å². The zero-order valence-electron chi connectivity index (χ0n) is 25.1. The van der Waals surface area contributed by atoms with Crippen LogP contribution in [0.4, 0.5) is 5.69 Å². The number of amides is 1.